The molecule has 160 valence electrons. The highest BCUT2D eigenvalue weighted by Crippen LogP contribution is 2.84. The molecule has 6 rings (SSSR count). The Morgan fingerprint density at radius 3 is 2.48 bits per heavy atom. The first-order valence-electron chi connectivity index (χ1n) is 10.2. The van der Waals surface area contributed by atoms with E-state index in [-0.39, 0.29) is 12.5 Å². The van der Waals surface area contributed by atoms with Gasteiger partial charge in [-0.2, -0.15) is 0 Å². The van der Waals surface area contributed by atoms with Crippen LogP contribution >= 0.6 is 0 Å². The predicted molar refractivity (Wildman–Crippen MR) is 91.9 cm³/mol. The highest BCUT2D eigenvalue weighted by Gasteiger charge is 3.03. The van der Waals surface area contributed by atoms with Crippen LogP contribution in [0.1, 0.15) is 34.1 Å². The predicted octanol–water partition coefficient (Wildman–Crippen LogP) is -0.896. The summed E-state index contributed by atoms with van der Waals surface area (Å²) in [6, 6.07) is 0. The number of aliphatic hydroxyl groups is 3. The Kier molecular flexibility index (Phi) is 2.97. The van der Waals surface area contributed by atoms with Gasteiger partial charge in [-0.1, -0.05) is 27.7 Å². The molecule has 0 amide bonds. The fourth-order valence-electron chi connectivity index (χ4n) is 8.23. The summed E-state index contributed by atoms with van der Waals surface area (Å²) in [5.41, 5.74) is -7.28. The molecule has 2 aliphatic carbocycles. The molecule has 11 atom stereocenters. The molecule has 0 aromatic rings. The Morgan fingerprint density at radius 1 is 1.14 bits per heavy atom. The third-order valence-corrected chi connectivity index (χ3v) is 9.02. The molecule has 6 aliphatic rings. The van der Waals surface area contributed by atoms with Gasteiger partial charge in [0.05, 0.1) is 23.5 Å². The Hall–Kier alpha value is -1.26. The van der Waals surface area contributed by atoms with Gasteiger partial charge in [0, 0.05) is 5.92 Å². The lowest BCUT2D eigenvalue weighted by molar-refractivity contribution is -0.239. The van der Waals surface area contributed by atoms with E-state index in [1.165, 1.54) is 0 Å². The van der Waals surface area contributed by atoms with E-state index in [2.05, 4.69) is 0 Å². The summed E-state index contributed by atoms with van der Waals surface area (Å²) in [5.74, 6) is -2.55. The monoisotopic (exact) mass is 410 g/mol. The van der Waals surface area contributed by atoms with Gasteiger partial charge in [-0.15, -0.1) is 0 Å². The van der Waals surface area contributed by atoms with Gasteiger partial charge >= 0.3 is 11.9 Å². The molecule has 0 aromatic carbocycles. The molecule has 29 heavy (non-hydrogen) atoms. The highest BCUT2D eigenvalue weighted by molar-refractivity contribution is 5.91. The van der Waals surface area contributed by atoms with Crippen molar-refractivity contribution in [2.45, 2.75) is 76.0 Å². The maximum atomic E-state index is 13.4. The van der Waals surface area contributed by atoms with Gasteiger partial charge in [-0.05, 0) is 17.8 Å². The third kappa shape index (κ3) is 1.36. The molecule has 4 saturated heterocycles. The first kappa shape index (κ1) is 18.5. The van der Waals surface area contributed by atoms with E-state index in [1.54, 1.807) is 6.92 Å². The van der Waals surface area contributed by atoms with Gasteiger partial charge in [0.15, 0.2) is 6.10 Å². The molecule has 2 spiro atoms. The number of hydrogen-bond acceptors (Lipinski definition) is 9. The Balaban J connectivity index is 1.72. The zero-order chi connectivity index (χ0) is 20.9. The van der Waals surface area contributed by atoms with E-state index >= 15 is 0 Å². The SMILES string of the molecule is C[C@@H]1COC2[C@H](O)C34C5C[C@@H](C(C)(C)C)C36C(OC(=O)[C@@H]6O)OC4(C(=O)O5)[C@]21O. The molecule has 4 aliphatic heterocycles. The van der Waals surface area contributed by atoms with Crippen molar-refractivity contribution >= 4 is 11.9 Å². The molecule has 6 fully saturated rings. The molecule has 0 aromatic heterocycles. The average Bonchev–Trinajstić information content (AvgIpc) is 3.34. The van der Waals surface area contributed by atoms with Crippen molar-refractivity contribution in [3.05, 3.63) is 0 Å². The van der Waals surface area contributed by atoms with E-state index in [1.807, 2.05) is 20.8 Å². The molecule has 6 unspecified atom stereocenters. The summed E-state index contributed by atoms with van der Waals surface area (Å²) in [7, 11) is 0. The molecule has 9 nitrogen and oxygen atoms in total. The minimum absolute atomic E-state index is 0.139. The molecular weight excluding hydrogens is 384 g/mol. The first-order valence-corrected chi connectivity index (χ1v) is 10.2. The largest absolute Gasteiger partial charge is 0.459 e. The normalized spacial score (nSPS) is 62.0. The van der Waals surface area contributed by atoms with E-state index in [4.69, 9.17) is 18.9 Å². The quantitative estimate of drug-likeness (QED) is 0.435. The number of aliphatic hydroxyl groups excluding tert-OH is 2. The fraction of sp³-hybridized carbons (Fsp3) is 0.900. The van der Waals surface area contributed by atoms with Crippen LogP contribution in [0.4, 0.5) is 0 Å². The second-order valence-electron chi connectivity index (χ2n) is 10.7. The van der Waals surface area contributed by atoms with Crippen molar-refractivity contribution in [2.24, 2.45) is 28.1 Å². The molecule has 4 heterocycles. The Bertz CT molecular complexity index is 851. The Morgan fingerprint density at radius 2 is 1.83 bits per heavy atom. The lowest BCUT2D eigenvalue weighted by Gasteiger charge is -2.47. The molecule has 2 saturated carbocycles. The lowest BCUT2D eigenvalue weighted by atomic mass is 9.51. The fourth-order valence-corrected chi connectivity index (χ4v) is 8.23. The number of esters is 2. The van der Waals surface area contributed by atoms with Crippen molar-refractivity contribution in [1.82, 2.24) is 0 Å². The van der Waals surface area contributed by atoms with Crippen LogP contribution in [0.25, 0.3) is 0 Å². The van der Waals surface area contributed by atoms with Gasteiger partial charge in [0.2, 0.25) is 11.9 Å². The number of hydrogen-bond donors (Lipinski definition) is 3. The second kappa shape index (κ2) is 4.65. The zero-order valence-corrected chi connectivity index (χ0v) is 16.7. The standard InChI is InChI=1S/C20H26O9/c1-7-6-26-12-10(21)18-9-5-8(16(2,3)4)17(18)11(22)13(23)28-15(17)29-20(18,14(24)27-9)19(7,12)25/h7-12,15,21-22,25H,5-6H2,1-4H3/t7-,8+,9?,10+,11+,12?,15?,17?,18?,19-,20?/m1/s1. The van der Waals surface area contributed by atoms with E-state index in [0.717, 1.165) is 0 Å². The molecule has 0 radical (unpaired) electrons. The van der Waals surface area contributed by atoms with Crippen molar-refractivity contribution in [3.63, 3.8) is 0 Å². The maximum absolute atomic E-state index is 13.4. The number of carbonyl (C=O) groups is 2. The molecule has 3 N–H and O–H groups in total. The third-order valence-electron chi connectivity index (χ3n) is 9.02. The summed E-state index contributed by atoms with van der Waals surface area (Å²) in [5, 5.41) is 34.8. The summed E-state index contributed by atoms with van der Waals surface area (Å²) < 4.78 is 23.2. The van der Waals surface area contributed by atoms with E-state index < -0.39 is 76.0 Å². The topological polar surface area (TPSA) is 132 Å². The van der Waals surface area contributed by atoms with Crippen LogP contribution in [0.3, 0.4) is 0 Å². The van der Waals surface area contributed by atoms with Gasteiger partial charge < -0.3 is 34.3 Å². The smallest absolute Gasteiger partial charge is 0.342 e. The molecule has 9 heteroatoms. The van der Waals surface area contributed by atoms with Crippen molar-refractivity contribution in [1.29, 1.82) is 0 Å². The van der Waals surface area contributed by atoms with E-state index in [0.29, 0.717) is 6.42 Å². The van der Waals surface area contributed by atoms with Crippen LogP contribution in [-0.2, 0) is 28.5 Å². The van der Waals surface area contributed by atoms with Crippen molar-refractivity contribution in [3.8, 4) is 0 Å². The number of carbonyl (C=O) groups excluding carboxylic acids is 2. The van der Waals surface area contributed by atoms with Gasteiger partial charge in [0.25, 0.3) is 0 Å². The number of fused-ring (bicyclic) bond motifs is 1. The van der Waals surface area contributed by atoms with Crippen molar-refractivity contribution < 1.29 is 43.9 Å². The van der Waals surface area contributed by atoms with Crippen LogP contribution in [0.5, 0.6) is 0 Å². The minimum Gasteiger partial charge on any atom is -0.459 e. The average molecular weight is 410 g/mol. The first-order chi connectivity index (χ1) is 13.4. The second-order valence-corrected chi connectivity index (χ2v) is 10.7. The summed E-state index contributed by atoms with van der Waals surface area (Å²) in [4.78, 5) is 25.9. The van der Waals surface area contributed by atoms with Crippen LogP contribution < -0.4 is 0 Å². The summed E-state index contributed by atoms with van der Waals surface area (Å²) in [6.07, 6.45) is -5.87. The Labute approximate surface area is 167 Å². The maximum Gasteiger partial charge on any atom is 0.342 e. The zero-order valence-electron chi connectivity index (χ0n) is 16.7. The van der Waals surface area contributed by atoms with Gasteiger partial charge in [-0.25, -0.2) is 9.59 Å². The van der Waals surface area contributed by atoms with Gasteiger partial charge in [-0.3, -0.25) is 0 Å². The molecule has 0 bridgehead atoms. The summed E-state index contributed by atoms with van der Waals surface area (Å²) in [6.45, 7) is 7.77. The van der Waals surface area contributed by atoms with Gasteiger partial charge in [0.1, 0.15) is 17.8 Å². The summed E-state index contributed by atoms with van der Waals surface area (Å²) >= 11 is 0. The van der Waals surface area contributed by atoms with Crippen LogP contribution in [0.2, 0.25) is 0 Å². The van der Waals surface area contributed by atoms with Crippen LogP contribution in [0, 0.1) is 28.1 Å². The van der Waals surface area contributed by atoms with Crippen LogP contribution in [0.15, 0.2) is 0 Å². The highest BCUT2D eigenvalue weighted by atomic mass is 16.8. The number of ether oxygens (including phenoxy) is 4. The molecular formula is C20H26O9. The lowest BCUT2D eigenvalue weighted by Crippen LogP contribution is -2.67. The van der Waals surface area contributed by atoms with Crippen LogP contribution in [-0.4, -0.2) is 75.8 Å². The number of rotatable bonds is 0. The van der Waals surface area contributed by atoms with Crippen molar-refractivity contribution in [2.75, 3.05) is 6.61 Å². The van der Waals surface area contributed by atoms with E-state index in [9.17, 15) is 24.9 Å². The minimum atomic E-state index is -1.98.